The molecule has 66 valence electrons. The maximum Gasteiger partial charge on any atom is 0.329 e. The molecule has 0 fully saturated rings. The summed E-state index contributed by atoms with van der Waals surface area (Å²) in [6, 6.07) is 0. The third-order valence-electron chi connectivity index (χ3n) is 0.733. The van der Waals surface area contributed by atoms with Crippen LogP contribution in [0.15, 0.2) is 9.62 Å². The van der Waals surface area contributed by atoms with Crippen molar-refractivity contribution >= 4 is 14.4 Å². The predicted molar refractivity (Wildman–Crippen MR) is 37.7 cm³/mol. The summed E-state index contributed by atoms with van der Waals surface area (Å²) in [5.74, 6) is 0. The van der Waals surface area contributed by atoms with E-state index in [4.69, 9.17) is 0 Å². The topological polar surface area (TPSA) is 40.0 Å². The van der Waals surface area contributed by atoms with Crippen LogP contribution in [0.3, 0.4) is 0 Å². The zero-order valence-electron chi connectivity index (χ0n) is 5.84. The van der Waals surface area contributed by atoms with E-state index in [2.05, 4.69) is 21.4 Å². The molecule has 0 saturated heterocycles. The monoisotopic (exact) mass is 188 g/mol. The average molecular weight is 188 g/mol. The second-order valence-corrected chi connectivity index (χ2v) is 3.31. The Bertz CT molecular complexity index is 181. The molecule has 0 bridgehead atoms. The highest BCUT2D eigenvalue weighted by Gasteiger charge is 2.16. The van der Waals surface area contributed by atoms with Gasteiger partial charge in [0.2, 0.25) is 0 Å². The van der Waals surface area contributed by atoms with Gasteiger partial charge in [0, 0.05) is 6.54 Å². The molecule has 4 nitrogen and oxygen atoms in total. The Morgan fingerprint density at radius 1 is 1.64 bits per heavy atom. The second-order valence-electron chi connectivity index (χ2n) is 1.48. The van der Waals surface area contributed by atoms with Crippen molar-refractivity contribution in [3.05, 3.63) is 0 Å². The van der Waals surface area contributed by atoms with Crippen LogP contribution in [0.2, 0.25) is 0 Å². The number of hydrogen-bond donors (Lipinski definition) is 1. The summed E-state index contributed by atoms with van der Waals surface area (Å²) in [6.45, 7) is 4.53. The zero-order chi connectivity index (χ0) is 8.91. The Hall–Kier alpha value is -0.390. The summed E-state index contributed by atoms with van der Waals surface area (Å²) in [6.07, 6.45) is 0. The lowest BCUT2D eigenvalue weighted by atomic mass is 10.8. The molecule has 0 saturated carbocycles. The molecule has 0 rings (SSSR count). The van der Waals surface area contributed by atoms with E-state index in [9.17, 15) is 13.2 Å². The fourth-order valence-corrected chi connectivity index (χ4v) is 1.20. The molecule has 0 amide bonds. The summed E-state index contributed by atoms with van der Waals surface area (Å²) in [4.78, 5) is 2.32. The van der Waals surface area contributed by atoms with Gasteiger partial charge in [-0.1, -0.05) is 20.7 Å². The van der Waals surface area contributed by atoms with Crippen LogP contribution < -0.4 is 5.09 Å². The fraction of sp³-hybridized carbons (Fsp3) is 0.667. The molecule has 1 unspecified atom stereocenters. The summed E-state index contributed by atoms with van der Waals surface area (Å²) in [5.41, 5.74) is -1.61. The van der Waals surface area contributed by atoms with Crippen molar-refractivity contribution in [3.63, 3.8) is 0 Å². The van der Waals surface area contributed by atoms with Gasteiger partial charge in [-0.05, 0) is 6.72 Å². The van der Waals surface area contributed by atoms with Gasteiger partial charge in [-0.15, -0.1) is 0 Å². The smallest absolute Gasteiger partial charge is 0.239 e. The molecule has 0 aliphatic carbocycles. The van der Waals surface area contributed by atoms with Crippen molar-refractivity contribution in [2.24, 2.45) is 9.62 Å². The number of hydrogen-bond acceptors (Lipinski definition) is 1. The van der Waals surface area contributed by atoms with Crippen LogP contribution in [0.25, 0.3) is 0 Å². The quantitative estimate of drug-likeness (QED) is 0.318. The van der Waals surface area contributed by atoms with E-state index in [1.807, 2.05) is 0 Å². The van der Waals surface area contributed by atoms with Crippen LogP contribution in [-0.2, 0) is 0 Å². The average Bonchev–Trinajstić information content (AvgIpc) is 1.87. The first-order chi connectivity index (χ1) is 5.04. The van der Waals surface area contributed by atoms with Crippen LogP contribution >= 0.6 is 7.67 Å². The number of nitrogens with zero attached hydrogens (tertiary/aromatic N) is 3. The van der Waals surface area contributed by atoms with Gasteiger partial charge in [0.15, 0.2) is 0 Å². The summed E-state index contributed by atoms with van der Waals surface area (Å²) >= 11 is 0. The van der Waals surface area contributed by atoms with E-state index < -0.39 is 13.1 Å². The normalized spacial score (nSPS) is 16.1. The van der Waals surface area contributed by atoms with Crippen LogP contribution in [0, 0.1) is 0 Å². The molecule has 0 aromatic heterocycles. The van der Waals surface area contributed by atoms with Crippen molar-refractivity contribution < 1.29 is 13.2 Å². The van der Waals surface area contributed by atoms with E-state index in [1.165, 1.54) is 0 Å². The molecular weight excluding hydrogens is 180 g/mol. The van der Waals surface area contributed by atoms with E-state index in [1.54, 1.807) is 6.92 Å². The van der Waals surface area contributed by atoms with Gasteiger partial charge in [0.1, 0.15) is 5.45 Å². The lowest BCUT2D eigenvalue weighted by Crippen LogP contribution is -2.06. The third kappa shape index (κ3) is 4.13. The maximum atomic E-state index is 12.9. The highest BCUT2D eigenvalue weighted by atomic mass is 31.2. The van der Waals surface area contributed by atoms with Crippen LogP contribution in [-0.4, -0.2) is 18.7 Å². The fourth-order valence-electron chi connectivity index (χ4n) is 0.401. The molecular formula is C3H8F3N4P. The van der Waals surface area contributed by atoms with Crippen molar-refractivity contribution in [2.75, 3.05) is 6.54 Å². The molecule has 0 aliphatic heterocycles. The summed E-state index contributed by atoms with van der Waals surface area (Å²) in [5, 5.41) is 2.07. The molecule has 0 radical (unpaired) electrons. The highest BCUT2D eigenvalue weighted by molar-refractivity contribution is 7.57. The molecule has 0 aromatic rings. The van der Waals surface area contributed by atoms with Crippen molar-refractivity contribution in [1.29, 1.82) is 0 Å². The first kappa shape index (κ1) is 10.6. The number of halogens is 3. The molecule has 11 heavy (non-hydrogen) atoms. The van der Waals surface area contributed by atoms with E-state index >= 15 is 0 Å². The number of rotatable bonds is 4. The SMILES string of the molecule is C=NP(F)(=NN(F)F)NCC. The predicted octanol–water partition coefficient (Wildman–Crippen LogP) is 2.20. The second kappa shape index (κ2) is 4.48. The van der Waals surface area contributed by atoms with Gasteiger partial charge >= 0.3 is 7.67 Å². The van der Waals surface area contributed by atoms with Crippen LogP contribution in [0.1, 0.15) is 6.92 Å². The van der Waals surface area contributed by atoms with E-state index in [-0.39, 0.29) is 6.54 Å². The first-order valence-corrected chi connectivity index (χ1v) is 4.29. The Labute approximate surface area is 62.2 Å². The summed E-state index contributed by atoms with van der Waals surface area (Å²) in [7, 11) is -3.94. The van der Waals surface area contributed by atoms with Gasteiger partial charge in [-0.25, -0.2) is 9.85 Å². The minimum Gasteiger partial charge on any atom is -0.239 e. The van der Waals surface area contributed by atoms with Gasteiger partial charge < -0.3 is 0 Å². The molecule has 1 N–H and O–H groups in total. The number of nitrogens with one attached hydrogen (secondary N) is 1. The van der Waals surface area contributed by atoms with Gasteiger partial charge in [0.05, 0.1) is 0 Å². The minimum absolute atomic E-state index is 0.167. The Morgan fingerprint density at radius 2 is 2.18 bits per heavy atom. The largest absolute Gasteiger partial charge is 0.329 e. The highest BCUT2D eigenvalue weighted by Crippen LogP contribution is 2.48. The van der Waals surface area contributed by atoms with Gasteiger partial charge in [0.25, 0.3) is 0 Å². The molecule has 8 heteroatoms. The Balaban J connectivity index is 4.43. The molecule has 0 aromatic carbocycles. The van der Waals surface area contributed by atoms with Crippen molar-refractivity contribution in [1.82, 2.24) is 10.5 Å². The third-order valence-corrected chi connectivity index (χ3v) is 2.20. The lowest BCUT2D eigenvalue weighted by molar-refractivity contribution is -0.150. The van der Waals surface area contributed by atoms with Crippen LogP contribution in [0.4, 0.5) is 13.2 Å². The Morgan fingerprint density at radius 3 is 2.45 bits per heavy atom. The van der Waals surface area contributed by atoms with E-state index in [0.717, 1.165) is 0 Å². The molecule has 0 spiro atoms. The molecule has 1 atom stereocenters. The lowest BCUT2D eigenvalue weighted by Gasteiger charge is -2.07. The minimum atomic E-state index is -3.94. The maximum absolute atomic E-state index is 12.9. The van der Waals surface area contributed by atoms with Gasteiger partial charge in [-0.2, -0.15) is 4.20 Å². The zero-order valence-corrected chi connectivity index (χ0v) is 6.73. The summed E-state index contributed by atoms with van der Waals surface area (Å²) < 4.78 is 38.4. The first-order valence-electron chi connectivity index (χ1n) is 2.71. The molecule has 0 heterocycles. The van der Waals surface area contributed by atoms with E-state index in [0.29, 0.717) is 0 Å². The van der Waals surface area contributed by atoms with Gasteiger partial charge in [-0.3, -0.25) is 0 Å². The van der Waals surface area contributed by atoms with Crippen molar-refractivity contribution in [3.8, 4) is 0 Å². The molecule has 0 aliphatic rings. The Kier molecular flexibility index (Phi) is 4.32. The standard InChI is InChI=1S/C3H8F3N4P/c1-3-8-11(6,7-2)9-10(4)5/h8H,2-3H2,1H3. The van der Waals surface area contributed by atoms with Crippen LogP contribution in [0.5, 0.6) is 0 Å². The van der Waals surface area contributed by atoms with Crippen molar-refractivity contribution in [2.45, 2.75) is 6.92 Å².